The predicted molar refractivity (Wildman–Crippen MR) is 168 cm³/mol. The minimum absolute atomic E-state index is 0.0785. The SMILES string of the molecule is Cc1ccc(S(=O)(=O)N(CC(=O)N(Cc2ccc(Cl)cc2)C(C)C(=O)NC2CCCCC2)c2ccc(C)cc2C)cc1. The van der Waals surface area contributed by atoms with Crippen LogP contribution in [0.2, 0.25) is 5.02 Å². The third-order valence-electron chi connectivity index (χ3n) is 7.89. The summed E-state index contributed by atoms with van der Waals surface area (Å²) in [5.74, 6) is -0.726. The maximum Gasteiger partial charge on any atom is 0.264 e. The van der Waals surface area contributed by atoms with Crippen LogP contribution >= 0.6 is 11.6 Å². The molecule has 1 N–H and O–H groups in total. The molecule has 0 aliphatic heterocycles. The quantitative estimate of drug-likeness (QED) is 0.291. The largest absolute Gasteiger partial charge is 0.352 e. The summed E-state index contributed by atoms with van der Waals surface area (Å²) in [4.78, 5) is 29.2. The summed E-state index contributed by atoms with van der Waals surface area (Å²) in [5, 5.41) is 3.68. The van der Waals surface area contributed by atoms with Crippen LogP contribution in [0.3, 0.4) is 0 Å². The lowest BCUT2D eigenvalue weighted by Gasteiger charge is -2.33. The molecule has 1 aliphatic carbocycles. The van der Waals surface area contributed by atoms with E-state index in [-0.39, 0.29) is 23.4 Å². The predicted octanol–water partition coefficient (Wildman–Crippen LogP) is 6.33. The standard InChI is InChI=1S/C33H40ClN3O4S/c1-23-10-17-30(18-11-23)42(40,41)37(31-19-12-24(2)20-25(31)3)22-32(38)36(21-27-13-15-28(34)16-14-27)26(4)33(39)35-29-8-6-5-7-9-29/h10-20,26,29H,5-9,21-22H2,1-4H3,(H,35,39). The molecule has 1 fully saturated rings. The first-order valence-electron chi connectivity index (χ1n) is 14.5. The van der Waals surface area contributed by atoms with Crippen molar-refractivity contribution in [2.45, 2.75) is 83.3 Å². The van der Waals surface area contributed by atoms with Crippen molar-refractivity contribution < 1.29 is 18.0 Å². The maximum absolute atomic E-state index is 14.2. The van der Waals surface area contributed by atoms with Crippen LogP contribution in [0, 0.1) is 20.8 Å². The fourth-order valence-electron chi connectivity index (χ4n) is 5.37. The number of hydrogen-bond donors (Lipinski definition) is 1. The monoisotopic (exact) mass is 609 g/mol. The van der Waals surface area contributed by atoms with Gasteiger partial charge in [-0.2, -0.15) is 0 Å². The van der Waals surface area contributed by atoms with E-state index in [2.05, 4.69) is 5.32 Å². The van der Waals surface area contributed by atoms with Crippen molar-refractivity contribution >= 4 is 39.1 Å². The van der Waals surface area contributed by atoms with E-state index in [9.17, 15) is 18.0 Å². The van der Waals surface area contributed by atoms with Crippen molar-refractivity contribution in [3.63, 3.8) is 0 Å². The molecule has 0 radical (unpaired) electrons. The van der Waals surface area contributed by atoms with Crippen LogP contribution in [0.5, 0.6) is 0 Å². The van der Waals surface area contributed by atoms with Gasteiger partial charge in [0.2, 0.25) is 11.8 Å². The molecular formula is C33H40ClN3O4S. The molecule has 1 atom stereocenters. The normalized spacial score (nSPS) is 14.7. The molecule has 0 heterocycles. The van der Waals surface area contributed by atoms with Crippen molar-refractivity contribution in [2.75, 3.05) is 10.8 Å². The minimum atomic E-state index is -4.11. The lowest BCUT2D eigenvalue weighted by Crippen LogP contribution is -2.53. The number of rotatable bonds is 10. The van der Waals surface area contributed by atoms with Gasteiger partial charge in [-0.3, -0.25) is 13.9 Å². The second-order valence-corrected chi connectivity index (χ2v) is 13.6. The van der Waals surface area contributed by atoms with Gasteiger partial charge < -0.3 is 10.2 Å². The number of benzene rings is 3. The Labute approximate surface area is 254 Å². The van der Waals surface area contributed by atoms with Crippen molar-refractivity contribution in [3.05, 3.63) is 94.0 Å². The first-order valence-corrected chi connectivity index (χ1v) is 16.3. The number of nitrogens with one attached hydrogen (secondary N) is 1. The Hall–Kier alpha value is -3.36. The van der Waals surface area contributed by atoms with Gasteiger partial charge in [0.1, 0.15) is 12.6 Å². The van der Waals surface area contributed by atoms with Crippen molar-refractivity contribution in [2.24, 2.45) is 0 Å². The van der Waals surface area contributed by atoms with E-state index in [4.69, 9.17) is 11.6 Å². The molecule has 0 spiro atoms. The van der Waals surface area contributed by atoms with E-state index in [1.54, 1.807) is 61.5 Å². The molecule has 0 saturated heterocycles. The summed E-state index contributed by atoms with van der Waals surface area (Å²) >= 11 is 6.09. The Kier molecular flexibility index (Phi) is 10.3. The van der Waals surface area contributed by atoms with Gasteiger partial charge in [0.15, 0.2) is 0 Å². The fraction of sp³-hybridized carbons (Fsp3) is 0.394. The van der Waals surface area contributed by atoms with Gasteiger partial charge in [0.05, 0.1) is 10.6 Å². The highest BCUT2D eigenvalue weighted by Crippen LogP contribution is 2.28. The van der Waals surface area contributed by atoms with Gasteiger partial charge in [0.25, 0.3) is 10.0 Å². The zero-order valence-corrected chi connectivity index (χ0v) is 26.3. The molecule has 3 aromatic carbocycles. The number of sulfonamides is 1. The van der Waals surface area contributed by atoms with Crippen LogP contribution in [0.25, 0.3) is 0 Å². The van der Waals surface area contributed by atoms with Crippen LogP contribution in [0.15, 0.2) is 71.6 Å². The number of carbonyl (C=O) groups excluding carboxylic acids is 2. The number of amides is 2. The fourth-order valence-corrected chi connectivity index (χ4v) is 6.98. The summed E-state index contributed by atoms with van der Waals surface area (Å²) in [6, 6.07) is 18.4. The van der Waals surface area contributed by atoms with Crippen LogP contribution < -0.4 is 9.62 Å². The molecule has 9 heteroatoms. The molecule has 1 saturated carbocycles. The Bertz CT molecular complexity index is 1500. The third kappa shape index (κ3) is 7.72. The second-order valence-electron chi connectivity index (χ2n) is 11.3. The van der Waals surface area contributed by atoms with Gasteiger partial charge in [-0.05, 0) is 82.0 Å². The van der Waals surface area contributed by atoms with Gasteiger partial charge in [0, 0.05) is 17.6 Å². The maximum atomic E-state index is 14.2. The lowest BCUT2D eigenvalue weighted by atomic mass is 9.95. The molecule has 4 rings (SSSR count). The van der Waals surface area contributed by atoms with Crippen LogP contribution in [0.4, 0.5) is 5.69 Å². The first kappa shape index (κ1) is 31.6. The Morgan fingerprint density at radius 2 is 1.52 bits per heavy atom. The second kappa shape index (κ2) is 13.7. The van der Waals surface area contributed by atoms with Crippen LogP contribution in [-0.2, 0) is 26.2 Å². The molecule has 224 valence electrons. The molecule has 0 bridgehead atoms. The number of anilines is 1. The lowest BCUT2D eigenvalue weighted by molar-refractivity contribution is -0.139. The number of aryl methyl sites for hydroxylation is 3. The van der Waals surface area contributed by atoms with E-state index in [0.717, 1.165) is 58.7 Å². The van der Waals surface area contributed by atoms with E-state index in [1.807, 2.05) is 32.9 Å². The van der Waals surface area contributed by atoms with Gasteiger partial charge >= 0.3 is 0 Å². The minimum Gasteiger partial charge on any atom is -0.352 e. The number of halogens is 1. The van der Waals surface area contributed by atoms with Crippen molar-refractivity contribution in [1.82, 2.24) is 10.2 Å². The first-order chi connectivity index (χ1) is 20.0. The summed E-state index contributed by atoms with van der Waals surface area (Å²) in [6.45, 7) is 7.00. The highest BCUT2D eigenvalue weighted by atomic mass is 35.5. The zero-order chi connectivity index (χ0) is 30.4. The van der Waals surface area contributed by atoms with Crippen molar-refractivity contribution in [3.8, 4) is 0 Å². The summed E-state index contributed by atoms with van der Waals surface area (Å²) in [6.07, 6.45) is 5.12. The molecule has 1 aliphatic rings. The van der Waals surface area contributed by atoms with Gasteiger partial charge in [-0.25, -0.2) is 8.42 Å². The van der Waals surface area contributed by atoms with Gasteiger partial charge in [-0.1, -0.05) is 78.4 Å². The topological polar surface area (TPSA) is 86.8 Å². The highest BCUT2D eigenvalue weighted by molar-refractivity contribution is 7.92. The zero-order valence-electron chi connectivity index (χ0n) is 24.8. The van der Waals surface area contributed by atoms with Crippen molar-refractivity contribution in [1.29, 1.82) is 0 Å². The molecule has 7 nitrogen and oxygen atoms in total. The Balaban J connectivity index is 1.69. The van der Waals surface area contributed by atoms with E-state index >= 15 is 0 Å². The van der Waals surface area contributed by atoms with E-state index < -0.39 is 28.5 Å². The molecule has 42 heavy (non-hydrogen) atoms. The molecule has 0 aromatic heterocycles. The number of nitrogens with zero attached hydrogens (tertiary/aromatic N) is 2. The molecular weight excluding hydrogens is 570 g/mol. The summed E-state index contributed by atoms with van der Waals surface area (Å²) in [5.41, 5.74) is 3.83. The Morgan fingerprint density at radius 3 is 2.14 bits per heavy atom. The summed E-state index contributed by atoms with van der Waals surface area (Å²) < 4.78 is 29.3. The molecule has 1 unspecified atom stereocenters. The van der Waals surface area contributed by atoms with Gasteiger partial charge in [-0.15, -0.1) is 0 Å². The highest BCUT2D eigenvalue weighted by Gasteiger charge is 2.33. The molecule has 3 aromatic rings. The average Bonchev–Trinajstić information content (AvgIpc) is 2.96. The number of carbonyl (C=O) groups is 2. The van der Waals surface area contributed by atoms with E-state index in [1.165, 1.54) is 4.90 Å². The van der Waals surface area contributed by atoms with Crippen LogP contribution in [-0.4, -0.2) is 43.8 Å². The summed E-state index contributed by atoms with van der Waals surface area (Å²) in [7, 11) is -4.11. The average molecular weight is 610 g/mol. The van der Waals surface area contributed by atoms with E-state index in [0.29, 0.717) is 10.7 Å². The molecule has 2 amide bonds. The van der Waals surface area contributed by atoms with Crippen LogP contribution in [0.1, 0.15) is 61.3 Å². The Morgan fingerprint density at radius 1 is 0.905 bits per heavy atom. The number of hydrogen-bond acceptors (Lipinski definition) is 4. The third-order valence-corrected chi connectivity index (χ3v) is 9.92. The smallest absolute Gasteiger partial charge is 0.264 e.